The minimum Gasteiger partial charge on any atom is -0.495 e. The van der Waals surface area contributed by atoms with E-state index < -0.39 is 0 Å². The second-order valence-corrected chi connectivity index (χ2v) is 4.40. The number of benzene rings is 2. The van der Waals surface area contributed by atoms with Gasteiger partial charge in [-0.15, -0.1) is 0 Å². The molecule has 0 saturated heterocycles. The fourth-order valence-corrected chi connectivity index (χ4v) is 2.39. The molecule has 0 aromatic heterocycles. The summed E-state index contributed by atoms with van der Waals surface area (Å²) < 4.78 is 10.6. The van der Waals surface area contributed by atoms with E-state index in [4.69, 9.17) is 26.8 Å². The number of methoxy groups -OCH3 is 2. The summed E-state index contributed by atoms with van der Waals surface area (Å²) in [5.74, 6) is 1.19. The SMILES string of the molecule is COc1ccc(-c2ccccc2CN)c(OC)c1Cl. The van der Waals surface area contributed by atoms with Crippen molar-refractivity contribution >= 4 is 11.6 Å². The van der Waals surface area contributed by atoms with Gasteiger partial charge in [0.25, 0.3) is 0 Å². The molecule has 0 radical (unpaired) electrons. The van der Waals surface area contributed by atoms with Gasteiger partial charge in [-0.25, -0.2) is 0 Å². The first-order chi connectivity index (χ1) is 9.22. The van der Waals surface area contributed by atoms with E-state index in [0.29, 0.717) is 23.1 Å². The lowest BCUT2D eigenvalue weighted by atomic mass is 9.98. The Balaban J connectivity index is 2.65. The zero-order valence-electron chi connectivity index (χ0n) is 10.9. The molecule has 0 atom stereocenters. The third kappa shape index (κ3) is 2.53. The fraction of sp³-hybridized carbons (Fsp3) is 0.200. The summed E-state index contributed by atoms with van der Waals surface area (Å²) in [6, 6.07) is 11.7. The second-order valence-electron chi connectivity index (χ2n) is 4.02. The quantitative estimate of drug-likeness (QED) is 0.930. The van der Waals surface area contributed by atoms with Crippen molar-refractivity contribution in [3.05, 3.63) is 47.0 Å². The molecule has 0 unspecified atom stereocenters. The molecule has 2 N–H and O–H groups in total. The Morgan fingerprint density at radius 2 is 1.74 bits per heavy atom. The van der Waals surface area contributed by atoms with Crippen LogP contribution in [0.4, 0.5) is 0 Å². The van der Waals surface area contributed by atoms with Crippen molar-refractivity contribution in [3.63, 3.8) is 0 Å². The predicted molar refractivity (Wildman–Crippen MR) is 77.9 cm³/mol. The van der Waals surface area contributed by atoms with Gasteiger partial charge in [0.15, 0.2) is 0 Å². The van der Waals surface area contributed by atoms with Crippen molar-refractivity contribution in [1.29, 1.82) is 0 Å². The van der Waals surface area contributed by atoms with Crippen LogP contribution in [0.15, 0.2) is 36.4 Å². The molecule has 4 heteroatoms. The molecule has 0 amide bonds. The molecule has 2 aromatic carbocycles. The number of nitrogens with two attached hydrogens (primary N) is 1. The van der Waals surface area contributed by atoms with Gasteiger partial charge in [0, 0.05) is 12.1 Å². The topological polar surface area (TPSA) is 44.5 Å². The Kier molecular flexibility index (Phi) is 4.30. The van der Waals surface area contributed by atoms with Crippen LogP contribution in [0, 0.1) is 0 Å². The van der Waals surface area contributed by atoms with Gasteiger partial charge in [-0.2, -0.15) is 0 Å². The third-order valence-corrected chi connectivity index (χ3v) is 3.37. The highest BCUT2D eigenvalue weighted by Crippen LogP contribution is 2.42. The molecule has 2 rings (SSSR count). The molecule has 3 nitrogen and oxygen atoms in total. The number of halogens is 1. The van der Waals surface area contributed by atoms with E-state index in [1.807, 2.05) is 36.4 Å². The summed E-state index contributed by atoms with van der Waals surface area (Å²) >= 11 is 6.28. The van der Waals surface area contributed by atoms with Crippen molar-refractivity contribution in [2.75, 3.05) is 14.2 Å². The van der Waals surface area contributed by atoms with Crippen molar-refractivity contribution in [3.8, 4) is 22.6 Å². The van der Waals surface area contributed by atoms with Crippen LogP contribution in [0.3, 0.4) is 0 Å². The van der Waals surface area contributed by atoms with Crippen LogP contribution in [0.25, 0.3) is 11.1 Å². The highest BCUT2D eigenvalue weighted by Gasteiger charge is 2.16. The summed E-state index contributed by atoms with van der Waals surface area (Å²) in [4.78, 5) is 0. The molecular weight excluding hydrogens is 262 g/mol. The molecule has 19 heavy (non-hydrogen) atoms. The highest BCUT2D eigenvalue weighted by atomic mass is 35.5. The van der Waals surface area contributed by atoms with Crippen LogP contribution in [-0.4, -0.2) is 14.2 Å². The van der Waals surface area contributed by atoms with Crippen LogP contribution < -0.4 is 15.2 Å². The van der Waals surface area contributed by atoms with E-state index in [1.54, 1.807) is 14.2 Å². The summed E-state index contributed by atoms with van der Waals surface area (Å²) in [5, 5.41) is 0.467. The predicted octanol–water partition coefficient (Wildman–Crippen LogP) is 3.48. The molecule has 2 aromatic rings. The van der Waals surface area contributed by atoms with E-state index in [-0.39, 0.29) is 0 Å². The molecule has 0 bridgehead atoms. The summed E-state index contributed by atoms with van der Waals surface area (Å²) in [6.45, 7) is 0.461. The summed E-state index contributed by atoms with van der Waals surface area (Å²) in [6.07, 6.45) is 0. The zero-order valence-corrected chi connectivity index (χ0v) is 11.7. The Morgan fingerprint density at radius 3 is 2.37 bits per heavy atom. The lowest BCUT2D eigenvalue weighted by Gasteiger charge is -2.15. The van der Waals surface area contributed by atoms with Gasteiger partial charge in [-0.3, -0.25) is 0 Å². The molecule has 0 saturated carbocycles. The van der Waals surface area contributed by atoms with Gasteiger partial charge in [-0.05, 0) is 23.3 Å². The molecule has 0 aliphatic heterocycles. The van der Waals surface area contributed by atoms with E-state index >= 15 is 0 Å². The van der Waals surface area contributed by atoms with Gasteiger partial charge < -0.3 is 15.2 Å². The Hall–Kier alpha value is -1.71. The molecule has 0 spiro atoms. The Labute approximate surface area is 117 Å². The van der Waals surface area contributed by atoms with Gasteiger partial charge in [0.1, 0.15) is 16.5 Å². The lowest BCUT2D eigenvalue weighted by Crippen LogP contribution is -2.00. The van der Waals surface area contributed by atoms with Crippen LogP contribution >= 0.6 is 11.6 Å². The molecule has 100 valence electrons. The maximum absolute atomic E-state index is 6.28. The first kappa shape index (κ1) is 13.7. The van der Waals surface area contributed by atoms with E-state index in [1.165, 1.54) is 0 Å². The van der Waals surface area contributed by atoms with Crippen molar-refractivity contribution in [2.24, 2.45) is 5.73 Å². The Bertz CT molecular complexity index is 584. The summed E-state index contributed by atoms with van der Waals surface area (Å²) in [7, 11) is 3.17. The minimum absolute atomic E-state index is 0.461. The first-order valence-electron chi connectivity index (χ1n) is 5.91. The number of ether oxygens (including phenoxy) is 2. The van der Waals surface area contributed by atoms with E-state index in [2.05, 4.69) is 0 Å². The number of hydrogen-bond donors (Lipinski definition) is 1. The normalized spacial score (nSPS) is 10.3. The van der Waals surface area contributed by atoms with Crippen LogP contribution in [0.5, 0.6) is 11.5 Å². The van der Waals surface area contributed by atoms with Crippen molar-refractivity contribution in [2.45, 2.75) is 6.54 Å². The highest BCUT2D eigenvalue weighted by molar-refractivity contribution is 6.34. The van der Waals surface area contributed by atoms with Crippen molar-refractivity contribution < 1.29 is 9.47 Å². The lowest BCUT2D eigenvalue weighted by molar-refractivity contribution is 0.396. The maximum Gasteiger partial charge on any atom is 0.149 e. The van der Waals surface area contributed by atoms with E-state index in [0.717, 1.165) is 16.7 Å². The number of hydrogen-bond acceptors (Lipinski definition) is 3. The molecule has 0 aliphatic rings. The fourth-order valence-electron chi connectivity index (χ4n) is 2.07. The number of rotatable bonds is 4. The Morgan fingerprint density at radius 1 is 1.00 bits per heavy atom. The molecular formula is C15H16ClNO2. The second kappa shape index (κ2) is 5.95. The largest absolute Gasteiger partial charge is 0.495 e. The average Bonchev–Trinajstić information content (AvgIpc) is 2.46. The first-order valence-corrected chi connectivity index (χ1v) is 6.29. The molecule has 0 heterocycles. The third-order valence-electron chi connectivity index (χ3n) is 3.01. The van der Waals surface area contributed by atoms with Crippen LogP contribution in [0.2, 0.25) is 5.02 Å². The van der Waals surface area contributed by atoms with Crippen LogP contribution in [0.1, 0.15) is 5.56 Å². The van der Waals surface area contributed by atoms with Gasteiger partial charge >= 0.3 is 0 Å². The smallest absolute Gasteiger partial charge is 0.149 e. The van der Waals surface area contributed by atoms with Crippen molar-refractivity contribution in [1.82, 2.24) is 0 Å². The minimum atomic E-state index is 0.461. The molecule has 0 aliphatic carbocycles. The monoisotopic (exact) mass is 277 g/mol. The van der Waals surface area contributed by atoms with Crippen LogP contribution in [-0.2, 0) is 6.54 Å². The standard InChI is InChI=1S/C15H16ClNO2/c1-18-13-8-7-12(15(19-2)14(13)16)11-6-4-3-5-10(11)9-17/h3-8H,9,17H2,1-2H3. The zero-order chi connectivity index (χ0) is 13.8. The average molecular weight is 278 g/mol. The van der Waals surface area contributed by atoms with Gasteiger partial charge in [0.05, 0.1) is 14.2 Å². The van der Waals surface area contributed by atoms with E-state index in [9.17, 15) is 0 Å². The molecule has 0 fully saturated rings. The van der Waals surface area contributed by atoms with Gasteiger partial charge in [-0.1, -0.05) is 35.9 Å². The summed E-state index contributed by atoms with van der Waals surface area (Å²) in [5.41, 5.74) is 8.75. The van der Waals surface area contributed by atoms with Gasteiger partial charge in [0.2, 0.25) is 0 Å². The maximum atomic E-state index is 6.28.